The number of rotatable bonds is 9. The predicted molar refractivity (Wildman–Crippen MR) is 81.6 cm³/mol. The predicted octanol–water partition coefficient (Wildman–Crippen LogP) is 4.03. The maximum atomic E-state index is 12.8. The quantitative estimate of drug-likeness (QED) is 0.509. The third-order valence-electron chi connectivity index (χ3n) is 2.71. The van der Waals surface area contributed by atoms with Gasteiger partial charge in [0.2, 0.25) is 0 Å². The van der Waals surface area contributed by atoms with Gasteiger partial charge in [-0.1, -0.05) is 31.5 Å². The van der Waals surface area contributed by atoms with Gasteiger partial charge >= 0.3 is 13.6 Å². The molecule has 0 saturated carbocycles. The first kappa shape index (κ1) is 17.7. The Morgan fingerprint density at radius 2 is 1.90 bits per heavy atom. The third-order valence-corrected chi connectivity index (χ3v) is 4.70. The fourth-order valence-corrected chi connectivity index (χ4v) is 3.61. The third kappa shape index (κ3) is 6.32. The van der Waals surface area contributed by atoms with E-state index in [0.29, 0.717) is 12.2 Å². The van der Waals surface area contributed by atoms with Crippen LogP contribution in [0.2, 0.25) is 0 Å². The van der Waals surface area contributed by atoms with Crippen LogP contribution in [-0.4, -0.2) is 24.8 Å². The lowest BCUT2D eigenvalue weighted by molar-refractivity contribution is -0.150. The first-order valence-electron chi connectivity index (χ1n) is 7.19. The number of carbonyl (C=O) groups excluding carboxylic acids is 1. The monoisotopic (exact) mass is 314 g/mol. The Morgan fingerprint density at radius 3 is 2.48 bits per heavy atom. The van der Waals surface area contributed by atoms with Crippen LogP contribution in [-0.2, 0) is 18.6 Å². The molecule has 0 amide bonds. The second-order valence-electron chi connectivity index (χ2n) is 4.59. The molecule has 118 valence electrons. The summed E-state index contributed by atoms with van der Waals surface area (Å²) in [7, 11) is -3.39. The molecule has 1 unspecified atom stereocenters. The molecule has 0 aliphatic rings. The fraction of sp³-hybridized carbons (Fsp3) is 0.533. The van der Waals surface area contributed by atoms with Gasteiger partial charge in [0.05, 0.1) is 12.8 Å². The molecule has 6 heteroatoms. The van der Waals surface area contributed by atoms with Crippen molar-refractivity contribution in [3.63, 3.8) is 0 Å². The molecule has 2 atom stereocenters. The van der Waals surface area contributed by atoms with Gasteiger partial charge in [-0.3, -0.25) is 4.52 Å². The Balaban J connectivity index is 2.78. The van der Waals surface area contributed by atoms with Gasteiger partial charge in [0.25, 0.3) is 0 Å². The summed E-state index contributed by atoms with van der Waals surface area (Å²) < 4.78 is 28.6. The van der Waals surface area contributed by atoms with Crippen molar-refractivity contribution in [2.45, 2.75) is 39.7 Å². The van der Waals surface area contributed by atoms with Crippen molar-refractivity contribution in [1.82, 2.24) is 0 Å². The number of unbranched alkanes of at least 4 members (excludes halogenated alkanes) is 1. The molecule has 0 aromatic heterocycles. The molecular weight excluding hydrogens is 291 g/mol. The summed E-state index contributed by atoms with van der Waals surface area (Å²) in [4.78, 5) is 11.6. The van der Waals surface area contributed by atoms with E-state index in [1.165, 1.54) is 6.92 Å². The van der Waals surface area contributed by atoms with Crippen molar-refractivity contribution >= 4 is 13.6 Å². The summed E-state index contributed by atoms with van der Waals surface area (Å²) >= 11 is 0. The first-order chi connectivity index (χ1) is 10.0. The van der Waals surface area contributed by atoms with Crippen molar-refractivity contribution in [2.75, 3.05) is 12.8 Å². The highest BCUT2D eigenvalue weighted by molar-refractivity contribution is 7.54. The van der Waals surface area contributed by atoms with E-state index in [-0.39, 0.29) is 12.8 Å². The molecule has 0 radical (unpaired) electrons. The normalized spacial score (nSPS) is 15.0. The topological polar surface area (TPSA) is 61.8 Å². The Labute approximate surface area is 126 Å². The highest BCUT2D eigenvalue weighted by atomic mass is 31.2. The van der Waals surface area contributed by atoms with Gasteiger partial charge in [-0.05, 0) is 32.4 Å². The van der Waals surface area contributed by atoms with Crippen molar-refractivity contribution in [3.05, 3.63) is 30.3 Å². The molecule has 21 heavy (non-hydrogen) atoms. The highest BCUT2D eigenvalue weighted by Crippen LogP contribution is 2.50. The summed E-state index contributed by atoms with van der Waals surface area (Å²) in [5.74, 6) is -0.0705. The maximum Gasteiger partial charge on any atom is 0.380 e. The van der Waals surface area contributed by atoms with Crippen molar-refractivity contribution in [2.24, 2.45) is 0 Å². The average Bonchev–Trinajstić information content (AvgIpc) is 2.46. The minimum absolute atomic E-state index is 0.255. The van der Waals surface area contributed by atoms with Crippen molar-refractivity contribution in [1.29, 1.82) is 0 Å². The van der Waals surface area contributed by atoms with Gasteiger partial charge in [0.1, 0.15) is 5.75 Å². The van der Waals surface area contributed by atoms with Crippen molar-refractivity contribution < 1.29 is 23.1 Å². The maximum absolute atomic E-state index is 12.8. The van der Waals surface area contributed by atoms with Crippen LogP contribution >= 0.6 is 7.60 Å². The Morgan fingerprint density at radius 1 is 1.24 bits per heavy atom. The molecule has 0 aliphatic carbocycles. The zero-order chi connectivity index (χ0) is 15.7. The first-order valence-corrected chi connectivity index (χ1v) is 8.92. The van der Waals surface area contributed by atoms with Gasteiger partial charge in [0, 0.05) is 0 Å². The van der Waals surface area contributed by atoms with Crippen LogP contribution in [0.25, 0.3) is 0 Å². The molecule has 0 bridgehead atoms. The van der Waals surface area contributed by atoms with Gasteiger partial charge in [-0.2, -0.15) is 0 Å². The number of esters is 1. The molecule has 0 aliphatic heterocycles. The number of hydrogen-bond acceptors (Lipinski definition) is 5. The summed E-state index contributed by atoms with van der Waals surface area (Å²) in [6, 6.07) is 8.82. The summed E-state index contributed by atoms with van der Waals surface area (Å²) in [6.45, 7) is 5.47. The lowest BCUT2D eigenvalue weighted by atomic mass is 10.3. The second kappa shape index (κ2) is 8.85. The molecule has 0 fully saturated rings. The SMILES string of the molecule is CCCCP(=O)(Oc1ccccc1)O[C@@H](C)C(=O)OCC. The van der Waals surface area contributed by atoms with Gasteiger partial charge in [-0.25, -0.2) is 9.36 Å². The van der Waals surface area contributed by atoms with Crippen LogP contribution in [0.3, 0.4) is 0 Å². The smallest absolute Gasteiger partial charge is 0.380 e. The van der Waals surface area contributed by atoms with E-state index in [2.05, 4.69) is 0 Å². The lowest BCUT2D eigenvalue weighted by Crippen LogP contribution is -2.23. The number of para-hydroxylation sites is 1. The van der Waals surface area contributed by atoms with Gasteiger partial charge < -0.3 is 9.26 Å². The van der Waals surface area contributed by atoms with Crippen LogP contribution in [0.4, 0.5) is 0 Å². The van der Waals surface area contributed by atoms with E-state index in [0.717, 1.165) is 6.42 Å². The van der Waals surface area contributed by atoms with Crippen LogP contribution in [0.5, 0.6) is 5.75 Å². The molecule has 1 rings (SSSR count). The molecule has 0 saturated heterocycles. The summed E-state index contributed by atoms with van der Waals surface area (Å²) in [5.41, 5.74) is 0. The number of carbonyl (C=O) groups is 1. The molecule has 0 spiro atoms. The summed E-state index contributed by atoms with van der Waals surface area (Å²) in [6.07, 6.45) is 0.900. The van der Waals surface area contributed by atoms with E-state index >= 15 is 0 Å². The Hall–Kier alpha value is -1.32. The highest BCUT2D eigenvalue weighted by Gasteiger charge is 2.31. The summed E-state index contributed by atoms with van der Waals surface area (Å²) in [5, 5.41) is 0. The molecule has 1 aromatic rings. The zero-order valence-electron chi connectivity index (χ0n) is 12.8. The zero-order valence-corrected chi connectivity index (χ0v) is 13.7. The number of ether oxygens (including phenoxy) is 1. The number of hydrogen-bond donors (Lipinski definition) is 0. The van der Waals surface area contributed by atoms with Crippen molar-refractivity contribution in [3.8, 4) is 5.75 Å². The molecular formula is C15H23O5P. The lowest BCUT2D eigenvalue weighted by Gasteiger charge is -2.22. The number of benzene rings is 1. The molecule has 0 N–H and O–H groups in total. The standard InChI is InChI=1S/C15H23O5P/c1-4-6-12-21(17,19-13(3)15(16)18-5-2)20-14-10-8-7-9-11-14/h7-11,13H,4-6,12H2,1-3H3/t13-,21?/m0/s1. The van der Waals surface area contributed by atoms with Crippen LogP contribution in [0, 0.1) is 0 Å². The van der Waals surface area contributed by atoms with E-state index in [1.54, 1.807) is 31.2 Å². The van der Waals surface area contributed by atoms with Crippen LogP contribution < -0.4 is 4.52 Å². The minimum Gasteiger partial charge on any atom is -0.464 e. The average molecular weight is 314 g/mol. The van der Waals surface area contributed by atoms with Gasteiger partial charge in [0.15, 0.2) is 6.10 Å². The van der Waals surface area contributed by atoms with E-state index < -0.39 is 19.7 Å². The van der Waals surface area contributed by atoms with Crippen LogP contribution in [0.15, 0.2) is 30.3 Å². The van der Waals surface area contributed by atoms with E-state index in [1.807, 2.05) is 13.0 Å². The molecule has 5 nitrogen and oxygen atoms in total. The Kier molecular flexibility index (Phi) is 7.48. The van der Waals surface area contributed by atoms with E-state index in [4.69, 9.17) is 13.8 Å². The van der Waals surface area contributed by atoms with E-state index in [9.17, 15) is 9.36 Å². The van der Waals surface area contributed by atoms with Gasteiger partial charge in [-0.15, -0.1) is 0 Å². The fourth-order valence-electron chi connectivity index (χ4n) is 1.66. The Bertz CT molecular complexity index is 474. The second-order valence-corrected chi connectivity index (χ2v) is 6.65. The minimum atomic E-state index is -3.39. The molecule has 0 heterocycles. The molecule has 1 aromatic carbocycles. The largest absolute Gasteiger partial charge is 0.464 e. The van der Waals surface area contributed by atoms with Crippen LogP contribution in [0.1, 0.15) is 33.6 Å².